The van der Waals surface area contributed by atoms with Crippen LogP contribution in [-0.4, -0.2) is 33.4 Å². The van der Waals surface area contributed by atoms with Crippen molar-refractivity contribution in [1.82, 2.24) is 19.7 Å². The minimum atomic E-state index is 0.553. The van der Waals surface area contributed by atoms with Crippen LogP contribution in [0.25, 0.3) is 21.6 Å². The van der Waals surface area contributed by atoms with Crippen LogP contribution in [0.3, 0.4) is 0 Å². The van der Waals surface area contributed by atoms with Crippen molar-refractivity contribution in [3.05, 3.63) is 47.3 Å². The first-order chi connectivity index (χ1) is 13.2. The number of nitrogens with two attached hydrogens (primary N) is 1. The Labute approximate surface area is 160 Å². The van der Waals surface area contributed by atoms with Crippen LogP contribution in [-0.2, 0) is 13.5 Å². The summed E-state index contributed by atoms with van der Waals surface area (Å²) in [6.07, 6.45) is 0.851. The van der Waals surface area contributed by atoms with Gasteiger partial charge in [-0.25, -0.2) is 4.98 Å². The van der Waals surface area contributed by atoms with Crippen LogP contribution in [0.1, 0.15) is 5.56 Å². The minimum Gasteiger partial charge on any atom is -0.497 e. The highest BCUT2D eigenvalue weighted by Gasteiger charge is 2.17. The average molecular weight is 380 g/mol. The molecule has 1 aromatic carbocycles. The van der Waals surface area contributed by atoms with Gasteiger partial charge in [0.2, 0.25) is 5.95 Å². The highest BCUT2D eigenvalue weighted by Crippen LogP contribution is 2.33. The number of methoxy groups -OCH3 is 1. The van der Waals surface area contributed by atoms with E-state index < -0.39 is 0 Å². The van der Waals surface area contributed by atoms with Gasteiger partial charge in [0.1, 0.15) is 11.6 Å². The Hall–Kier alpha value is -3.13. The Morgan fingerprint density at radius 3 is 2.70 bits per heavy atom. The second-order valence-electron chi connectivity index (χ2n) is 6.11. The van der Waals surface area contributed by atoms with Gasteiger partial charge in [-0.3, -0.25) is 4.68 Å². The van der Waals surface area contributed by atoms with E-state index in [1.807, 2.05) is 36.7 Å². The summed E-state index contributed by atoms with van der Waals surface area (Å²) in [7, 11) is 3.48. The summed E-state index contributed by atoms with van der Waals surface area (Å²) in [4.78, 5) is 10.3. The van der Waals surface area contributed by atoms with Gasteiger partial charge in [0, 0.05) is 13.6 Å². The van der Waals surface area contributed by atoms with Crippen molar-refractivity contribution >= 4 is 34.1 Å². The van der Waals surface area contributed by atoms with Crippen molar-refractivity contribution in [2.45, 2.75) is 6.42 Å². The smallest absolute Gasteiger partial charge is 0.225 e. The first kappa shape index (κ1) is 17.3. The molecule has 0 unspecified atom stereocenters. The zero-order valence-electron chi connectivity index (χ0n) is 15.1. The summed E-state index contributed by atoms with van der Waals surface area (Å²) in [5.41, 5.74) is 8.81. The summed E-state index contributed by atoms with van der Waals surface area (Å²) < 4.78 is 6.83. The van der Waals surface area contributed by atoms with Crippen LogP contribution in [0, 0.1) is 0 Å². The molecular formula is C19H20N6OS. The molecule has 0 amide bonds. The van der Waals surface area contributed by atoms with Gasteiger partial charge >= 0.3 is 0 Å². The summed E-state index contributed by atoms with van der Waals surface area (Å²) in [5.74, 6) is 1.98. The summed E-state index contributed by atoms with van der Waals surface area (Å²) >= 11 is 1.62. The molecule has 7 nitrogen and oxygen atoms in total. The fraction of sp³-hybridized carbons (Fsp3) is 0.211. The van der Waals surface area contributed by atoms with Crippen molar-refractivity contribution in [3.8, 4) is 16.3 Å². The summed E-state index contributed by atoms with van der Waals surface area (Å²) in [6.45, 7) is 0.712. The zero-order chi connectivity index (χ0) is 18.8. The molecule has 3 N–H and O–H groups in total. The number of nitrogens with zero attached hydrogens (tertiary/aromatic N) is 4. The number of thiophene rings is 1. The number of ether oxygens (including phenoxy) is 1. The predicted molar refractivity (Wildman–Crippen MR) is 109 cm³/mol. The first-order valence-corrected chi connectivity index (χ1v) is 9.44. The topological polar surface area (TPSA) is 90.9 Å². The molecule has 3 aromatic heterocycles. The largest absolute Gasteiger partial charge is 0.497 e. The molecule has 138 valence electrons. The van der Waals surface area contributed by atoms with Gasteiger partial charge in [0.25, 0.3) is 0 Å². The molecule has 0 fully saturated rings. The number of aromatic nitrogens is 4. The molecule has 0 aliphatic rings. The lowest BCUT2D eigenvalue weighted by molar-refractivity contribution is 0.414. The highest BCUT2D eigenvalue weighted by atomic mass is 32.1. The molecule has 0 atom stereocenters. The lowest BCUT2D eigenvalue weighted by Gasteiger charge is -2.08. The molecule has 0 spiro atoms. The van der Waals surface area contributed by atoms with E-state index in [1.165, 1.54) is 5.56 Å². The Bertz CT molecular complexity index is 1060. The van der Waals surface area contributed by atoms with Crippen LogP contribution in [0.5, 0.6) is 5.75 Å². The van der Waals surface area contributed by atoms with Gasteiger partial charge in [-0.05, 0) is 35.6 Å². The first-order valence-electron chi connectivity index (χ1n) is 8.56. The Morgan fingerprint density at radius 2 is 2.00 bits per heavy atom. The molecule has 0 bridgehead atoms. The van der Waals surface area contributed by atoms with E-state index in [0.29, 0.717) is 24.0 Å². The molecule has 0 aliphatic heterocycles. The maximum Gasteiger partial charge on any atom is 0.225 e. The van der Waals surface area contributed by atoms with Crippen molar-refractivity contribution in [2.24, 2.45) is 7.05 Å². The van der Waals surface area contributed by atoms with E-state index in [0.717, 1.165) is 28.1 Å². The van der Waals surface area contributed by atoms with Gasteiger partial charge < -0.3 is 15.8 Å². The van der Waals surface area contributed by atoms with Crippen LogP contribution >= 0.6 is 11.3 Å². The third kappa shape index (κ3) is 3.43. The van der Waals surface area contributed by atoms with Gasteiger partial charge in [0.05, 0.1) is 23.1 Å². The number of benzene rings is 1. The van der Waals surface area contributed by atoms with Gasteiger partial charge in [-0.1, -0.05) is 18.2 Å². The van der Waals surface area contributed by atoms with Crippen molar-refractivity contribution in [3.63, 3.8) is 0 Å². The quantitative estimate of drug-likeness (QED) is 0.533. The number of aryl methyl sites for hydroxylation is 1. The number of fused-ring (bicyclic) bond motifs is 1. The standard InChI is InChI=1S/C19H20N6OS/c1-25-17(20)15-16(14-4-3-11-27-14)22-19(23-18(15)24-25)21-10-9-12-5-7-13(26-2)8-6-12/h3-8,11H,9-10,20H2,1-2H3,(H,21,23,24). The van der Waals surface area contributed by atoms with E-state index >= 15 is 0 Å². The monoisotopic (exact) mass is 380 g/mol. The van der Waals surface area contributed by atoms with Crippen LogP contribution in [0.15, 0.2) is 41.8 Å². The van der Waals surface area contributed by atoms with Gasteiger partial charge in [-0.15, -0.1) is 11.3 Å². The van der Waals surface area contributed by atoms with Crippen molar-refractivity contribution < 1.29 is 4.74 Å². The molecule has 0 saturated carbocycles. The fourth-order valence-corrected chi connectivity index (χ4v) is 3.62. The van der Waals surface area contributed by atoms with Gasteiger partial charge in [0.15, 0.2) is 5.65 Å². The SMILES string of the molecule is COc1ccc(CCNc2nc(-c3cccs3)c3c(N)n(C)nc3n2)cc1. The minimum absolute atomic E-state index is 0.553. The lowest BCUT2D eigenvalue weighted by Crippen LogP contribution is -2.08. The zero-order valence-corrected chi connectivity index (χ0v) is 16.0. The number of nitrogens with one attached hydrogen (secondary N) is 1. The molecule has 3 heterocycles. The normalized spacial score (nSPS) is 11.0. The van der Waals surface area contributed by atoms with Crippen molar-refractivity contribution in [1.29, 1.82) is 0 Å². The van der Waals surface area contributed by atoms with E-state index in [9.17, 15) is 0 Å². The number of hydrogen-bond donors (Lipinski definition) is 2. The Morgan fingerprint density at radius 1 is 1.19 bits per heavy atom. The molecule has 8 heteroatoms. The molecule has 4 aromatic rings. The lowest BCUT2D eigenvalue weighted by atomic mass is 10.1. The van der Waals surface area contributed by atoms with E-state index in [4.69, 9.17) is 15.5 Å². The van der Waals surface area contributed by atoms with Crippen molar-refractivity contribution in [2.75, 3.05) is 24.7 Å². The van der Waals surface area contributed by atoms with E-state index in [-0.39, 0.29) is 0 Å². The summed E-state index contributed by atoms with van der Waals surface area (Å²) in [6, 6.07) is 12.1. The fourth-order valence-electron chi connectivity index (χ4n) is 2.90. The van der Waals surface area contributed by atoms with Crippen LogP contribution < -0.4 is 15.8 Å². The maximum absolute atomic E-state index is 6.19. The number of hydrogen-bond acceptors (Lipinski definition) is 7. The third-order valence-corrected chi connectivity index (χ3v) is 5.23. The predicted octanol–water partition coefficient (Wildman–Crippen LogP) is 3.34. The van der Waals surface area contributed by atoms with E-state index in [2.05, 4.69) is 27.5 Å². The van der Waals surface area contributed by atoms with Crippen LogP contribution in [0.2, 0.25) is 0 Å². The number of anilines is 2. The molecule has 0 radical (unpaired) electrons. The molecular weight excluding hydrogens is 360 g/mol. The second-order valence-corrected chi connectivity index (χ2v) is 7.05. The van der Waals surface area contributed by atoms with Crippen LogP contribution in [0.4, 0.5) is 11.8 Å². The Balaban J connectivity index is 1.58. The third-order valence-electron chi connectivity index (χ3n) is 4.35. The van der Waals surface area contributed by atoms with Gasteiger partial charge in [-0.2, -0.15) is 10.1 Å². The summed E-state index contributed by atoms with van der Waals surface area (Å²) in [5, 5.41) is 10.5. The Kier molecular flexibility index (Phi) is 4.64. The highest BCUT2D eigenvalue weighted by molar-refractivity contribution is 7.13. The second kappa shape index (κ2) is 7.24. The van der Waals surface area contributed by atoms with E-state index in [1.54, 1.807) is 23.1 Å². The molecule has 4 rings (SSSR count). The molecule has 0 saturated heterocycles. The molecule has 0 aliphatic carbocycles. The maximum atomic E-state index is 6.19. The molecule has 27 heavy (non-hydrogen) atoms. The number of nitrogen functional groups attached to an aromatic ring is 1. The average Bonchev–Trinajstić information content (AvgIpc) is 3.31. The number of rotatable bonds is 6.